The van der Waals surface area contributed by atoms with Crippen LogP contribution in [0.15, 0.2) is 55.1 Å². The summed E-state index contributed by atoms with van der Waals surface area (Å²) in [5.74, 6) is -0.723. The zero-order valence-electron chi connectivity index (χ0n) is 10.3. The lowest BCUT2D eigenvalue weighted by molar-refractivity contribution is 0.0696. The molecule has 0 unspecified atom stereocenters. The molecule has 0 aliphatic heterocycles. The molecule has 0 fully saturated rings. The van der Waals surface area contributed by atoms with Gasteiger partial charge in [0.15, 0.2) is 0 Å². The van der Waals surface area contributed by atoms with Crippen molar-refractivity contribution in [1.29, 1.82) is 0 Å². The van der Waals surface area contributed by atoms with E-state index in [2.05, 4.69) is 15.1 Å². The highest BCUT2D eigenvalue weighted by atomic mass is 16.4. The Hall–Kier alpha value is -3.02. The first-order chi connectivity index (χ1) is 9.74. The predicted octanol–water partition coefficient (Wildman–Crippen LogP) is 2.03. The molecule has 2 heterocycles. The minimum absolute atomic E-state index is 0.0455. The van der Waals surface area contributed by atoms with Gasteiger partial charge >= 0.3 is 5.97 Å². The number of carboxylic acid groups (broad SMARTS) is 1. The number of carboxylic acids is 1. The van der Waals surface area contributed by atoms with Gasteiger partial charge in [-0.25, -0.2) is 19.4 Å². The molecule has 0 spiro atoms. The number of hydrogen-bond acceptors (Lipinski definition) is 4. The summed E-state index contributed by atoms with van der Waals surface area (Å²) in [5, 5.41) is 13.0. The first-order valence-electron chi connectivity index (χ1n) is 5.90. The molecular formula is C14H10N4O2. The van der Waals surface area contributed by atoms with Gasteiger partial charge in [0.2, 0.25) is 5.95 Å². The number of rotatable bonds is 3. The second-order valence-electron chi connectivity index (χ2n) is 4.12. The summed E-state index contributed by atoms with van der Waals surface area (Å²) in [6.07, 6.45) is 6.03. The van der Waals surface area contributed by atoms with E-state index in [4.69, 9.17) is 5.11 Å². The van der Waals surface area contributed by atoms with Crippen molar-refractivity contribution in [2.45, 2.75) is 0 Å². The van der Waals surface area contributed by atoms with E-state index in [1.807, 2.05) is 30.3 Å². The van der Waals surface area contributed by atoms with Crippen molar-refractivity contribution in [3.05, 3.63) is 60.7 Å². The molecule has 0 radical (unpaired) electrons. The average Bonchev–Trinajstić information content (AvgIpc) is 2.98. The molecule has 0 saturated carbocycles. The van der Waals surface area contributed by atoms with E-state index < -0.39 is 5.97 Å². The van der Waals surface area contributed by atoms with Crippen LogP contribution in [0.3, 0.4) is 0 Å². The number of hydrogen-bond donors (Lipinski definition) is 1. The van der Waals surface area contributed by atoms with Crippen molar-refractivity contribution in [1.82, 2.24) is 19.7 Å². The summed E-state index contributed by atoms with van der Waals surface area (Å²) >= 11 is 0. The number of benzene rings is 1. The Balaban J connectivity index is 1.92. The van der Waals surface area contributed by atoms with Gasteiger partial charge in [0.1, 0.15) is 0 Å². The smallest absolute Gasteiger partial charge is 0.338 e. The van der Waals surface area contributed by atoms with E-state index in [1.165, 1.54) is 17.1 Å². The molecule has 3 rings (SSSR count). The molecule has 0 atom stereocenters. The van der Waals surface area contributed by atoms with Gasteiger partial charge in [0.05, 0.1) is 11.8 Å². The molecule has 0 saturated heterocycles. The quantitative estimate of drug-likeness (QED) is 0.784. The lowest BCUT2D eigenvalue weighted by Gasteiger charge is -1.99. The van der Waals surface area contributed by atoms with Crippen LogP contribution in [0.2, 0.25) is 0 Å². The maximum absolute atomic E-state index is 10.7. The van der Waals surface area contributed by atoms with E-state index in [1.54, 1.807) is 12.4 Å². The number of aromatic carboxylic acids is 1. The van der Waals surface area contributed by atoms with Crippen LogP contribution in [0.5, 0.6) is 0 Å². The van der Waals surface area contributed by atoms with Crippen molar-refractivity contribution < 1.29 is 9.90 Å². The van der Waals surface area contributed by atoms with Gasteiger partial charge in [0.25, 0.3) is 0 Å². The first kappa shape index (κ1) is 12.0. The van der Waals surface area contributed by atoms with Crippen LogP contribution in [0.1, 0.15) is 10.4 Å². The molecule has 3 aromatic rings. The van der Waals surface area contributed by atoms with Crippen LogP contribution < -0.4 is 0 Å². The third-order valence-electron chi connectivity index (χ3n) is 2.78. The minimum Gasteiger partial charge on any atom is -0.478 e. The van der Waals surface area contributed by atoms with Crippen LogP contribution in [-0.4, -0.2) is 30.8 Å². The second-order valence-corrected chi connectivity index (χ2v) is 4.12. The number of nitrogens with zero attached hydrogens (tertiary/aromatic N) is 4. The molecule has 1 aromatic carbocycles. The molecule has 0 aliphatic carbocycles. The van der Waals surface area contributed by atoms with Crippen LogP contribution in [0, 0.1) is 0 Å². The minimum atomic E-state index is -1.05. The Morgan fingerprint density at radius 1 is 1.00 bits per heavy atom. The fraction of sp³-hybridized carbons (Fsp3) is 0. The summed E-state index contributed by atoms with van der Waals surface area (Å²) in [4.78, 5) is 18.7. The van der Waals surface area contributed by atoms with Gasteiger partial charge in [0, 0.05) is 24.2 Å². The van der Waals surface area contributed by atoms with Crippen LogP contribution in [-0.2, 0) is 0 Å². The molecule has 1 N–H and O–H groups in total. The monoisotopic (exact) mass is 266 g/mol. The third-order valence-corrected chi connectivity index (χ3v) is 2.78. The maximum atomic E-state index is 10.7. The number of aromatic nitrogens is 4. The highest BCUT2D eigenvalue weighted by Gasteiger charge is 2.07. The zero-order valence-corrected chi connectivity index (χ0v) is 10.3. The summed E-state index contributed by atoms with van der Waals surface area (Å²) in [7, 11) is 0. The third kappa shape index (κ3) is 2.26. The van der Waals surface area contributed by atoms with Gasteiger partial charge in [-0.1, -0.05) is 30.3 Å². The molecule has 0 aliphatic rings. The highest BCUT2D eigenvalue weighted by Crippen LogP contribution is 2.18. The Bertz CT molecular complexity index is 735. The first-order valence-corrected chi connectivity index (χ1v) is 5.90. The molecule has 98 valence electrons. The predicted molar refractivity (Wildman–Crippen MR) is 71.5 cm³/mol. The van der Waals surface area contributed by atoms with Crippen LogP contribution in [0.25, 0.3) is 17.1 Å². The van der Waals surface area contributed by atoms with Crippen molar-refractivity contribution in [2.24, 2.45) is 0 Å². The lowest BCUT2D eigenvalue weighted by atomic mass is 10.1. The van der Waals surface area contributed by atoms with E-state index in [0.29, 0.717) is 5.95 Å². The van der Waals surface area contributed by atoms with Crippen LogP contribution in [0.4, 0.5) is 0 Å². The SMILES string of the molecule is O=C(O)c1cnc(-n2cc(-c3ccccc3)cn2)nc1. The zero-order chi connectivity index (χ0) is 13.9. The average molecular weight is 266 g/mol. The highest BCUT2D eigenvalue weighted by molar-refractivity contribution is 5.86. The van der Waals surface area contributed by atoms with Crippen molar-refractivity contribution in [3.8, 4) is 17.1 Å². The molecule has 6 nitrogen and oxygen atoms in total. The van der Waals surface area contributed by atoms with Gasteiger partial charge < -0.3 is 5.11 Å². The molecular weight excluding hydrogens is 256 g/mol. The summed E-state index contributed by atoms with van der Waals surface area (Å²) in [6, 6.07) is 9.81. The standard InChI is InChI=1S/C14H10N4O2/c19-13(20)11-6-15-14(16-7-11)18-9-12(8-17-18)10-4-2-1-3-5-10/h1-9H,(H,19,20). The van der Waals surface area contributed by atoms with E-state index in [0.717, 1.165) is 11.1 Å². The Morgan fingerprint density at radius 3 is 2.35 bits per heavy atom. The topological polar surface area (TPSA) is 80.9 Å². The Kier molecular flexibility index (Phi) is 2.96. The fourth-order valence-electron chi connectivity index (χ4n) is 1.76. The van der Waals surface area contributed by atoms with Crippen molar-refractivity contribution in [3.63, 3.8) is 0 Å². The molecule has 0 amide bonds. The molecule has 2 aromatic heterocycles. The van der Waals surface area contributed by atoms with Crippen molar-refractivity contribution >= 4 is 5.97 Å². The maximum Gasteiger partial charge on any atom is 0.338 e. The van der Waals surface area contributed by atoms with Gasteiger partial charge in [-0.15, -0.1) is 0 Å². The molecule has 6 heteroatoms. The molecule has 0 bridgehead atoms. The number of carbonyl (C=O) groups is 1. The lowest BCUT2D eigenvalue weighted by Crippen LogP contribution is -2.04. The van der Waals surface area contributed by atoms with Gasteiger partial charge in [-0.2, -0.15) is 5.10 Å². The normalized spacial score (nSPS) is 10.4. The van der Waals surface area contributed by atoms with Gasteiger partial charge in [-0.3, -0.25) is 0 Å². The van der Waals surface area contributed by atoms with E-state index in [-0.39, 0.29) is 5.56 Å². The summed E-state index contributed by atoms with van der Waals surface area (Å²) in [6.45, 7) is 0. The Morgan fingerprint density at radius 2 is 1.70 bits per heavy atom. The summed E-state index contributed by atoms with van der Waals surface area (Å²) < 4.78 is 1.51. The van der Waals surface area contributed by atoms with Crippen LogP contribution >= 0.6 is 0 Å². The summed E-state index contributed by atoms with van der Waals surface area (Å²) in [5.41, 5.74) is 2.03. The van der Waals surface area contributed by atoms with Crippen molar-refractivity contribution in [2.75, 3.05) is 0 Å². The van der Waals surface area contributed by atoms with Gasteiger partial charge in [-0.05, 0) is 5.56 Å². The second kappa shape index (κ2) is 4.93. The van der Waals surface area contributed by atoms with E-state index >= 15 is 0 Å². The fourth-order valence-corrected chi connectivity index (χ4v) is 1.76. The Labute approximate surface area is 114 Å². The molecule has 20 heavy (non-hydrogen) atoms. The van der Waals surface area contributed by atoms with E-state index in [9.17, 15) is 4.79 Å². The largest absolute Gasteiger partial charge is 0.478 e.